The summed E-state index contributed by atoms with van der Waals surface area (Å²) in [5, 5.41) is 0. The number of hydrogen-bond acceptors (Lipinski definition) is 0. The first kappa shape index (κ1) is 58.2. The molecule has 0 aliphatic carbocycles. The molecular weight excluding hydrogens is 1280 g/mol. The van der Waals surface area contributed by atoms with E-state index in [9.17, 15) is 0 Å². The normalized spacial score (nSPS) is 11.4. The van der Waals surface area contributed by atoms with Crippen LogP contribution in [0.2, 0.25) is 0 Å². The smallest absolute Gasteiger partial charge is 0.201 e. The number of pyridine rings is 3. The average Bonchev–Trinajstić information content (AvgIpc) is 2.08. The van der Waals surface area contributed by atoms with Crippen LogP contribution in [0.5, 0.6) is 0 Å². The van der Waals surface area contributed by atoms with Gasteiger partial charge >= 0.3 is 0 Å². The molecule has 3 aromatic heterocycles. The van der Waals surface area contributed by atoms with Gasteiger partial charge in [0.05, 0.1) is 5.56 Å². The molecule has 437 valence electrons. The third kappa shape index (κ3) is 11.0. The van der Waals surface area contributed by atoms with E-state index in [1.807, 2.05) is 0 Å². The maximum Gasteiger partial charge on any atom is 0.213 e. The van der Waals surface area contributed by atoms with Gasteiger partial charge in [-0.3, -0.25) is 0 Å². The second kappa shape index (κ2) is 24.8. The third-order valence-corrected chi connectivity index (χ3v) is 18.5. The van der Waals surface area contributed by atoms with Gasteiger partial charge in [-0.05, 0) is 210 Å². The largest absolute Gasteiger partial charge is 0.213 e. The summed E-state index contributed by atoms with van der Waals surface area (Å²) >= 11 is 0. The summed E-state index contributed by atoms with van der Waals surface area (Å²) < 4.78 is 6.90. The second-order valence-electron chi connectivity index (χ2n) is 24.2. The number of nitrogens with zero attached hydrogens (tertiary/aromatic N) is 3. The maximum absolute atomic E-state index is 2.47. The van der Waals surface area contributed by atoms with Crippen molar-refractivity contribution >= 4 is 0 Å². The van der Waals surface area contributed by atoms with Gasteiger partial charge in [0.25, 0.3) is 0 Å². The Kier molecular flexibility index (Phi) is 15.9. The van der Waals surface area contributed by atoms with Crippen LogP contribution in [0.4, 0.5) is 0 Å². The molecule has 0 saturated heterocycles. The van der Waals surface area contributed by atoms with E-state index in [-0.39, 0.29) is 20.1 Å². The summed E-state index contributed by atoms with van der Waals surface area (Å²) in [7, 11) is 4.32. The molecule has 0 fully saturated rings. The molecule has 0 atom stereocenters. The number of benzene rings is 11. The van der Waals surface area contributed by atoms with E-state index in [1.165, 1.54) is 139 Å². The Labute approximate surface area is 548 Å². The molecule has 91 heavy (non-hydrogen) atoms. The van der Waals surface area contributed by atoms with Crippen molar-refractivity contribution in [3.05, 3.63) is 332 Å². The molecule has 0 spiro atoms. The zero-order chi connectivity index (χ0) is 60.8. The van der Waals surface area contributed by atoms with Crippen LogP contribution in [0.25, 0.3) is 145 Å². The minimum atomic E-state index is 0. The minimum absolute atomic E-state index is 0. The van der Waals surface area contributed by atoms with Crippen molar-refractivity contribution in [3.63, 3.8) is 0 Å². The van der Waals surface area contributed by atoms with Crippen LogP contribution >= 0.6 is 0 Å². The van der Waals surface area contributed by atoms with Crippen molar-refractivity contribution in [3.8, 4) is 145 Å². The van der Waals surface area contributed by atoms with E-state index in [1.54, 1.807) is 0 Å². The molecule has 15 rings (SSSR count). The average molecular weight is 1350 g/mol. The molecule has 3 nitrogen and oxygen atoms in total. The molecule has 4 heteroatoms. The number of aryl methyl sites for hydroxylation is 5. The van der Waals surface area contributed by atoms with E-state index in [2.05, 4.69) is 358 Å². The quantitative estimate of drug-likeness (QED) is 0.108. The van der Waals surface area contributed by atoms with E-state index in [4.69, 9.17) is 0 Å². The molecular formula is C87H68IrN3+3. The van der Waals surface area contributed by atoms with Gasteiger partial charge < -0.3 is 0 Å². The van der Waals surface area contributed by atoms with Crippen LogP contribution in [0.3, 0.4) is 0 Å². The number of hydrogen-bond donors (Lipinski definition) is 0. The Morgan fingerprint density at radius 1 is 0.231 bits per heavy atom. The fourth-order valence-corrected chi connectivity index (χ4v) is 14.0. The van der Waals surface area contributed by atoms with Gasteiger partial charge in [0.2, 0.25) is 17.1 Å². The first-order chi connectivity index (χ1) is 44.2. The first-order valence-electron chi connectivity index (χ1n) is 31.3. The van der Waals surface area contributed by atoms with Crippen LogP contribution < -0.4 is 13.7 Å². The third-order valence-electron chi connectivity index (χ3n) is 18.5. The van der Waals surface area contributed by atoms with E-state index in [0.717, 1.165) is 34.4 Å². The van der Waals surface area contributed by atoms with Gasteiger partial charge in [-0.15, -0.1) is 0 Å². The Morgan fingerprint density at radius 3 is 1.03 bits per heavy atom. The van der Waals surface area contributed by atoms with Gasteiger partial charge in [0.15, 0.2) is 25.1 Å². The Hall–Kier alpha value is -10.5. The predicted octanol–water partition coefficient (Wildman–Crippen LogP) is 20.6. The van der Waals surface area contributed by atoms with Gasteiger partial charge in [-0.1, -0.05) is 194 Å². The maximum atomic E-state index is 2.47. The van der Waals surface area contributed by atoms with Crippen molar-refractivity contribution in [1.29, 1.82) is 0 Å². The number of fused-ring (bicyclic) bond motifs is 3. The zero-order valence-corrected chi connectivity index (χ0v) is 54.2. The molecule has 0 N–H and O–H groups in total. The van der Waals surface area contributed by atoms with Crippen molar-refractivity contribution < 1.29 is 33.8 Å². The summed E-state index contributed by atoms with van der Waals surface area (Å²) in [5.41, 5.74) is 35.9. The molecule has 0 amide bonds. The molecule has 1 radical (unpaired) electrons. The first-order valence-corrected chi connectivity index (χ1v) is 31.3. The Morgan fingerprint density at radius 2 is 0.582 bits per heavy atom. The Bertz CT molecular complexity index is 5070. The summed E-state index contributed by atoms with van der Waals surface area (Å²) in [6.45, 7) is 7.60. The molecule has 0 bridgehead atoms. The number of rotatable bonds is 12. The summed E-state index contributed by atoms with van der Waals surface area (Å²) in [5.74, 6) is 0. The topological polar surface area (TPSA) is 11.6 Å². The molecule has 1 aliphatic heterocycles. The molecule has 4 heterocycles. The van der Waals surface area contributed by atoms with Crippen LogP contribution in [0, 0.1) is 20.8 Å². The van der Waals surface area contributed by atoms with Crippen LogP contribution in [0.1, 0.15) is 22.3 Å². The van der Waals surface area contributed by atoms with Crippen LogP contribution in [0.15, 0.2) is 310 Å². The van der Waals surface area contributed by atoms with Gasteiger partial charge in [-0.25, -0.2) is 9.13 Å². The van der Waals surface area contributed by atoms with Crippen molar-refractivity contribution in [1.82, 2.24) is 0 Å². The molecule has 0 saturated carbocycles. The van der Waals surface area contributed by atoms with E-state index >= 15 is 0 Å². The van der Waals surface area contributed by atoms with E-state index < -0.39 is 0 Å². The molecule has 1 aliphatic rings. The van der Waals surface area contributed by atoms with Crippen LogP contribution in [-0.2, 0) is 40.7 Å². The molecule has 0 unspecified atom stereocenters. The fourth-order valence-electron chi connectivity index (χ4n) is 14.0. The monoisotopic (exact) mass is 1350 g/mol. The van der Waals surface area contributed by atoms with Gasteiger partial charge in [0, 0.05) is 72.7 Å². The summed E-state index contributed by atoms with van der Waals surface area (Å²) in [4.78, 5) is 0. The molecule has 14 aromatic rings. The second-order valence-corrected chi connectivity index (χ2v) is 24.2. The molecule has 11 aromatic carbocycles. The summed E-state index contributed by atoms with van der Waals surface area (Å²) in [6, 6.07) is 108. The van der Waals surface area contributed by atoms with Crippen molar-refractivity contribution in [2.75, 3.05) is 0 Å². The van der Waals surface area contributed by atoms with E-state index in [0.29, 0.717) is 0 Å². The fraction of sp³-hybridized carbons (Fsp3) is 0.0690. The van der Waals surface area contributed by atoms with Crippen molar-refractivity contribution in [2.24, 2.45) is 14.1 Å². The van der Waals surface area contributed by atoms with Gasteiger partial charge in [0.1, 0.15) is 14.1 Å². The minimum Gasteiger partial charge on any atom is -0.201 e. The summed E-state index contributed by atoms with van der Waals surface area (Å²) in [6.07, 6.45) is 6.64. The SMILES string of the molecule is Cc1cc(-c2cc(-c3ccccc3)c(-c3ccccc3-c3cc(-c4ccccc4-c4cc(C)c(-c5cccc[n+]5C)cc4-c4ccccc4)cc(-c4ccccc4-c4cc5c(cc4-c4ccccc4)-c4cccc[n+]4C5)c3)cc2C)[n+](C)cc1-c1ccccc1.[Ir]. The van der Waals surface area contributed by atoms with Gasteiger partial charge in [-0.2, -0.15) is 4.57 Å². The standard InChI is InChI=1S/C87H68N3.Ir/c1-58-46-81(77(61-28-10-6-11-29-61)53-75(58)85-42-24-26-44-88(85)4)72-39-21-18-36-69(72)65-49-66(51-67(50-65)71-38-20-23-41-74(71)83-52-68-56-90-45-27-25-43-86(90)80(68)55-79(83)63-32-14-8-15-33-63)70-37-19-22-40-73(70)82-47-59(2)76(54-78(82)62-30-12-7-13-31-62)87-48-60(3)84(57-89(87)5)64-34-16-9-17-35-64;/h6-55,57H,56H2,1-5H3;/q+3;. The number of aromatic nitrogens is 3. The Balaban J connectivity index is 0.00000721. The zero-order valence-electron chi connectivity index (χ0n) is 51.8. The predicted molar refractivity (Wildman–Crippen MR) is 373 cm³/mol. The van der Waals surface area contributed by atoms with Crippen molar-refractivity contribution in [2.45, 2.75) is 27.3 Å². The van der Waals surface area contributed by atoms with Crippen LogP contribution in [-0.4, -0.2) is 0 Å².